The molecule has 0 bridgehead atoms. The summed E-state index contributed by atoms with van der Waals surface area (Å²) >= 11 is 0. The van der Waals surface area contributed by atoms with Gasteiger partial charge in [0.15, 0.2) is 0 Å². The van der Waals surface area contributed by atoms with Crippen LogP contribution >= 0.6 is 0 Å². The first-order valence-corrected chi connectivity index (χ1v) is 11.5. The molecular formula is C22H26N6O5S. The maximum absolute atomic E-state index is 11.1. The van der Waals surface area contributed by atoms with Crippen LogP contribution in [0.2, 0.25) is 0 Å². The normalized spacial score (nSPS) is 10.5. The van der Waals surface area contributed by atoms with Crippen molar-refractivity contribution in [2.24, 2.45) is 5.73 Å². The second kappa shape index (κ2) is 12.3. The van der Waals surface area contributed by atoms with Crippen molar-refractivity contribution in [3.8, 4) is 0 Å². The van der Waals surface area contributed by atoms with Crippen LogP contribution < -0.4 is 16.4 Å². The van der Waals surface area contributed by atoms with Gasteiger partial charge in [0, 0.05) is 25.6 Å². The summed E-state index contributed by atoms with van der Waals surface area (Å²) in [5.74, 6) is 0.765. The van der Waals surface area contributed by atoms with E-state index in [1.807, 2.05) is 37.3 Å². The lowest BCUT2D eigenvalue weighted by atomic mass is 10.2. The number of aromatic nitrogens is 1. The number of nitrogens with one attached hydrogen (secondary N) is 3. The first-order chi connectivity index (χ1) is 16.1. The summed E-state index contributed by atoms with van der Waals surface area (Å²) in [6.07, 6.45) is 0.380. The molecule has 0 atom stereocenters. The summed E-state index contributed by atoms with van der Waals surface area (Å²) in [7, 11) is -4.02. The molecule has 0 fully saturated rings. The predicted octanol–water partition coefficient (Wildman–Crippen LogP) is 3.58. The summed E-state index contributed by atoms with van der Waals surface area (Å²) in [5, 5.41) is 24.3. The van der Waals surface area contributed by atoms with E-state index in [1.165, 1.54) is 24.3 Å². The van der Waals surface area contributed by atoms with Crippen molar-refractivity contribution in [3.63, 3.8) is 0 Å². The average molecular weight is 487 g/mol. The van der Waals surface area contributed by atoms with E-state index in [0.717, 1.165) is 11.1 Å². The quantitative estimate of drug-likeness (QED) is 0.0991. The number of rotatable bonds is 9. The molecule has 2 aromatic carbocycles. The number of hydrogen-bond donors (Lipinski definition) is 5. The van der Waals surface area contributed by atoms with Gasteiger partial charge in [-0.3, -0.25) is 20.1 Å². The van der Waals surface area contributed by atoms with Crippen LogP contribution in [0.25, 0.3) is 0 Å². The van der Waals surface area contributed by atoms with Gasteiger partial charge in [0.25, 0.3) is 10.1 Å². The zero-order valence-electron chi connectivity index (χ0n) is 18.4. The molecule has 0 radical (unpaired) electrons. The summed E-state index contributed by atoms with van der Waals surface area (Å²) in [6, 6.07) is 18.5. The lowest BCUT2D eigenvalue weighted by Gasteiger charge is -2.09. The third-order valence-electron chi connectivity index (χ3n) is 4.39. The van der Waals surface area contributed by atoms with Crippen molar-refractivity contribution in [3.05, 3.63) is 88.0 Å². The molecular weight excluding hydrogens is 460 g/mol. The second-order valence-corrected chi connectivity index (χ2v) is 8.57. The van der Waals surface area contributed by atoms with Gasteiger partial charge in [0.1, 0.15) is 5.82 Å². The fourth-order valence-corrected chi connectivity index (χ4v) is 3.12. The van der Waals surface area contributed by atoms with E-state index in [0.29, 0.717) is 25.3 Å². The number of anilines is 2. The molecule has 6 N–H and O–H groups in total. The monoisotopic (exact) mass is 486 g/mol. The van der Waals surface area contributed by atoms with Gasteiger partial charge in [0.05, 0.1) is 15.7 Å². The van der Waals surface area contributed by atoms with Gasteiger partial charge in [-0.15, -0.1) is 0 Å². The van der Waals surface area contributed by atoms with E-state index >= 15 is 0 Å². The highest BCUT2D eigenvalue weighted by molar-refractivity contribution is 7.85. The summed E-state index contributed by atoms with van der Waals surface area (Å²) in [5.41, 5.74) is 7.15. The topological polar surface area (TPSA) is 184 Å². The van der Waals surface area contributed by atoms with Crippen molar-refractivity contribution in [2.45, 2.75) is 24.8 Å². The minimum atomic E-state index is -4.02. The zero-order chi connectivity index (χ0) is 25.1. The Morgan fingerprint density at radius 2 is 1.74 bits per heavy atom. The predicted molar refractivity (Wildman–Crippen MR) is 131 cm³/mol. The van der Waals surface area contributed by atoms with E-state index < -0.39 is 15.0 Å². The first-order valence-electron chi connectivity index (χ1n) is 10.1. The maximum Gasteiger partial charge on any atom is 0.311 e. The molecule has 3 rings (SSSR count). The number of amidine groups is 1. The largest absolute Gasteiger partial charge is 0.388 e. The van der Waals surface area contributed by atoms with Crippen molar-refractivity contribution in [2.75, 3.05) is 17.2 Å². The highest BCUT2D eigenvalue weighted by atomic mass is 32.2. The summed E-state index contributed by atoms with van der Waals surface area (Å²) < 4.78 is 29.6. The van der Waals surface area contributed by atoms with Crippen LogP contribution in [-0.2, 0) is 16.7 Å². The molecule has 1 heterocycles. The van der Waals surface area contributed by atoms with Gasteiger partial charge < -0.3 is 16.4 Å². The Morgan fingerprint density at radius 1 is 1.09 bits per heavy atom. The zero-order valence-corrected chi connectivity index (χ0v) is 19.2. The van der Waals surface area contributed by atoms with Crippen LogP contribution in [0.5, 0.6) is 0 Å². The molecule has 3 aromatic rings. The molecule has 0 saturated heterocycles. The minimum absolute atomic E-state index is 0.0666. The van der Waals surface area contributed by atoms with E-state index in [9.17, 15) is 18.5 Å². The molecule has 1 aromatic heterocycles. The Morgan fingerprint density at radius 3 is 2.29 bits per heavy atom. The van der Waals surface area contributed by atoms with E-state index in [2.05, 4.69) is 15.6 Å². The molecule has 0 aliphatic heterocycles. The summed E-state index contributed by atoms with van der Waals surface area (Å²) in [4.78, 5) is 14.8. The SMILES string of the molecule is Cc1ccc(S(=O)(=O)O)cc1.N=C(N)CCNc1ccc([N+](=O)[O-])c(NCc2ccccc2)n1. The number of nitrogens with two attached hydrogens (primary N) is 1. The van der Waals surface area contributed by atoms with Crippen LogP contribution in [-0.4, -0.2) is 35.3 Å². The molecule has 0 aliphatic rings. The van der Waals surface area contributed by atoms with Gasteiger partial charge >= 0.3 is 5.69 Å². The number of pyridine rings is 1. The third kappa shape index (κ3) is 8.84. The molecule has 11 nitrogen and oxygen atoms in total. The lowest BCUT2D eigenvalue weighted by Crippen LogP contribution is -2.16. The van der Waals surface area contributed by atoms with Gasteiger partial charge in [-0.2, -0.15) is 8.42 Å². The average Bonchev–Trinajstić information content (AvgIpc) is 2.78. The van der Waals surface area contributed by atoms with Crippen molar-refractivity contribution < 1.29 is 17.9 Å². The Hall–Kier alpha value is -4.03. The highest BCUT2D eigenvalue weighted by Gasteiger charge is 2.15. The molecule has 34 heavy (non-hydrogen) atoms. The standard InChI is InChI=1S/C15H18N6O2.C7H8O3S/c16-13(17)8-9-18-14-7-6-12(21(22)23)15(20-14)19-10-11-4-2-1-3-5-11;1-6-2-4-7(5-3-6)11(8,9)10/h1-7H,8-10H2,(H3,16,17)(H2,18,19,20);2-5H,1H3,(H,8,9,10). The van der Waals surface area contributed by atoms with E-state index in [-0.39, 0.29) is 22.2 Å². The Kier molecular flexibility index (Phi) is 9.47. The van der Waals surface area contributed by atoms with Gasteiger partial charge in [-0.25, -0.2) is 4.98 Å². The fourth-order valence-electron chi connectivity index (χ4n) is 2.64. The molecule has 180 valence electrons. The number of hydrogen-bond acceptors (Lipinski definition) is 8. The molecule has 0 aliphatic carbocycles. The van der Waals surface area contributed by atoms with Gasteiger partial charge in [0.2, 0.25) is 5.82 Å². The molecule has 0 spiro atoms. The fraction of sp³-hybridized carbons (Fsp3) is 0.182. The molecule has 0 saturated carbocycles. The Labute approximate surface area is 197 Å². The van der Waals surface area contributed by atoms with Crippen LogP contribution in [0.4, 0.5) is 17.3 Å². The first kappa shape index (κ1) is 26.2. The molecule has 12 heteroatoms. The lowest BCUT2D eigenvalue weighted by molar-refractivity contribution is -0.384. The van der Waals surface area contributed by atoms with Gasteiger partial charge in [-0.1, -0.05) is 48.0 Å². The van der Waals surface area contributed by atoms with Crippen molar-refractivity contribution in [1.82, 2.24) is 4.98 Å². The Bertz CT molecular complexity index is 1220. The van der Waals surface area contributed by atoms with Gasteiger partial charge in [-0.05, 0) is 30.7 Å². The minimum Gasteiger partial charge on any atom is -0.388 e. The third-order valence-corrected chi connectivity index (χ3v) is 5.26. The molecule has 0 unspecified atom stereocenters. The second-order valence-electron chi connectivity index (χ2n) is 7.15. The molecule has 0 amide bonds. The van der Waals surface area contributed by atoms with Crippen LogP contribution in [0.3, 0.4) is 0 Å². The van der Waals surface area contributed by atoms with Crippen LogP contribution in [0.15, 0.2) is 71.6 Å². The Balaban J connectivity index is 0.000000310. The van der Waals surface area contributed by atoms with Crippen LogP contribution in [0.1, 0.15) is 17.5 Å². The number of nitrogens with zero attached hydrogens (tertiary/aromatic N) is 2. The summed E-state index contributed by atoms with van der Waals surface area (Å²) in [6.45, 7) is 2.72. The number of benzene rings is 2. The highest BCUT2D eigenvalue weighted by Crippen LogP contribution is 2.24. The van der Waals surface area contributed by atoms with E-state index in [1.54, 1.807) is 12.1 Å². The smallest absolute Gasteiger partial charge is 0.311 e. The van der Waals surface area contributed by atoms with Crippen molar-refractivity contribution >= 4 is 33.3 Å². The number of aryl methyl sites for hydroxylation is 1. The van der Waals surface area contributed by atoms with Crippen LogP contribution in [0, 0.1) is 22.4 Å². The number of nitro groups is 1. The van der Waals surface area contributed by atoms with Crippen molar-refractivity contribution in [1.29, 1.82) is 5.41 Å². The maximum atomic E-state index is 11.1. The van der Waals surface area contributed by atoms with E-state index in [4.69, 9.17) is 15.7 Å².